The first-order valence-corrected chi connectivity index (χ1v) is 6.44. The number of nitrogens with one attached hydrogen (secondary N) is 1. The zero-order valence-electron chi connectivity index (χ0n) is 11.7. The monoisotopic (exact) mass is 287 g/mol. The molecule has 3 aromatic heterocycles. The van der Waals surface area contributed by atoms with Crippen molar-refractivity contribution in [3.8, 4) is 11.4 Å². The second kappa shape index (κ2) is 5.35. The molecule has 3 heterocycles. The summed E-state index contributed by atoms with van der Waals surface area (Å²) >= 11 is 0. The van der Waals surface area contributed by atoms with Crippen LogP contribution in [0.5, 0.6) is 0 Å². The maximum absolute atomic E-state index is 13.0. The van der Waals surface area contributed by atoms with Gasteiger partial charge in [-0.2, -0.15) is 5.10 Å². The maximum Gasteiger partial charge on any atom is 0.148 e. The summed E-state index contributed by atoms with van der Waals surface area (Å²) in [7, 11) is 1.85. The Labute approximate surface area is 120 Å². The van der Waals surface area contributed by atoms with Crippen molar-refractivity contribution < 1.29 is 8.91 Å². The van der Waals surface area contributed by atoms with E-state index in [2.05, 4.69) is 20.6 Å². The molecule has 0 fully saturated rings. The quantitative estimate of drug-likeness (QED) is 0.798. The van der Waals surface area contributed by atoms with E-state index in [4.69, 9.17) is 4.52 Å². The molecular weight excluding hydrogens is 273 g/mol. The van der Waals surface area contributed by atoms with Crippen molar-refractivity contribution in [2.75, 3.05) is 5.32 Å². The summed E-state index contributed by atoms with van der Waals surface area (Å²) in [6.45, 7) is 2.33. The second-order valence-electron chi connectivity index (χ2n) is 4.66. The van der Waals surface area contributed by atoms with Crippen molar-refractivity contribution >= 4 is 5.82 Å². The van der Waals surface area contributed by atoms with Crippen LogP contribution in [0.4, 0.5) is 10.2 Å². The van der Waals surface area contributed by atoms with Crippen molar-refractivity contribution in [1.29, 1.82) is 0 Å². The summed E-state index contributed by atoms with van der Waals surface area (Å²) in [4.78, 5) is 4.04. The Balaban J connectivity index is 1.85. The number of nitrogens with zero attached hydrogens (tertiary/aromatic N) is 4. The first kappa shape index (κ1) is 13.3. The topological polar surface area (TPSA) is 68.8 Å². The highest BCUT2D eigenvalue weighted by Gasteiger charge is 2.16. The van der Waals surface area contributed by atoms with E-state index in [1.54, 1.807) is 10.7 Å². The molecule has 0 saturated carbocycles. The van der Waals surface area contributed by atoms with E-state index in [1.807, 2.05) is 26.2 Å². The van der Waals surface area contributed by atoms with Crippen molar-refractivity contribution in [2.24, 2.45) is 7.05 Å². The van der Waals surface area contributed by atoms with Crippen LogP contribution in [0, 0.1) is 12.7 Å². The average Bonchev–Trinajstić information content (AvgIpc) is 3.04. The number of aromatic nitrogens is 4. The first-order valence-electron chi connectivity index (χ1n) is 6.44. The third-order valence-electron chi connectivity index (χ3n) is 3.11. The lowest BCUT2D eigenvalue weighted by Crippen LogP contribution is -2.03. The molecule has 7 heteroatoms. The molecule has 0 saturated heterocycles. The molecule has 0 atom stereocenters. The van der Waals surface area contributed by atoms with Gasteiger partial charge in [-0.25, -0.2) is 4.39 Å². The smallest absolute Gasteiger partial charge is 0.148 e. The minimum absolute atomic E-state index is 0.382. The highest BCUT2D eigenvalue weighted by atomic mass is 19.1. The molecule has 0 unspecified atom stereocenters. The van der Waals surface area contributed by atoms with E-state index in [0.717, 1.165) is 17.6 Å². The molecule has 0 aliphatic carbocycles. The predicted molar refractivity (Wildman–Crippen MR) is 75.0 cm³/mol. The zero-order chi connectivity index (χ0) is 14.8. The number of hydrogen-bond acceptors (Lipinski definition) is 5. The van der Waals surface area contributed by atoms with E-state index in [0.29, 0.717) is 23.7 Å². The lowest BCUT2D eigenvalue weighted by atomic mass is 10.1. The Morgan fingerprint density at radius 2 is 2.19 bits per heavy atom. The van der Waals surface area contributed by atoms with Gasteiger partial charge < -0.3 is 9.84 Å². The molecule has 108 valence electrons. The van der Waals surface area contributed by atoms with Crippen molar-refractivity contribution in [3.63, 3.8) is 0 Å². The van der Waals surface area contributed by atoms with Crippen LogP contribution in [0.15, 0.2) is 35.1 Å². The van der Waals surface area contributed by atoms with Crippen molar-refractivity contribution in [1.82, 2.24) is 19.9 Å². The summed E-state index contributed by atoms with van der Waals surface area (Å²) in [5.74, 6) is 1.07. The van der Waals surface area contributed by atoms with Gasteiger partial charge >= 0.3 is 0 Å². The molecule has 0 radical (unpaired) electrons. The fourth-order valence-electron chi connectivity index (χ4n) is 2.00. The van der Waals surface area contributed by atoms with Gasteiger partial charge in [0.15, 0.2) is 0 Å². The normalized spacial score (nSPS) is 10.8. The number of aryl methyl sites for hydroxylation is 2. The minimum Gasteiger partial charge on any atom is -0.364 e. The summed E-state index contributed by atoms with van der Waals surface area (Å²) in [6.07, 6.45) is 3.01. The lowest BCUT2D eigenvalue weighted by Gasteiger charge is -2.04. The predicted octanol–water partition coefficient (Wildman–Crippen LogP) is 2.53. The SMILES string of the molecule is Cc1onc(-c2ccc(F)cn2)c1CNc1ccn(C)n1. The van der Waals surface area contributed by atoms with Crippen LogP contribution in [-0.2, 0) is 13.6 Å². The molecule has 6 nitrogen and oxygen atoms in total. The fraction of sp³-hybridized carbons (Fsp3) is 0.214. The van der Waals surface area contributed by atoms with Gasteiger partial charge in [-0.3, -0.25) is 9.67 Å². The van der Waals surface area contributed by atoms with Crippen LogP contribution in [0.25, 0.3) is 11.4 Å². The second-order valence-corrected chi connectivity index (χ2v) is 4.66. The van der Waals surface area contributed by atoms with Crippen LogP contribution >= 0.6 is 0 Å². The Hall–Kier alpha value is -2.70. The van der Waals surface area contributed by atoms with Gasteiger partial charge in [0.25, 0.3) is 0 Å². The Bertz CT molecular complexity index is 747. The van der Waals surface area contributed by atoms with E-state index < -0.39 is 0 Å². The highest BCUT2D eigenvalue weighted by molar-refractivity contribution is 5.59. The Kier molecular flexibility index (Phi) is 3.39. The van der Waals surface area contributed by atoms with Gasteiger partial charge in [-0.1, -0.05) is 5.16 Å². The summed E-state index contributed by atoms with van der Waals surface area (Å²) in [5, 5.41) is 11.4. The van der Waals surface area contributed by atoms with Crippen molar-refractivity contribution in [3.05, 3.63) is 47.7 Å². The van der Waals surface area contributed by atoms with E-state index in [1.165, 1.54) is 6.07 Å². The van der Waals surface area contributed by atoms with Crippen LogP contribution in [0.3, 0.4) is 0 Å². The molecule has 3 aromatic rings. The number of pyridine rings is 1. The molecule has 0 aromatic carbocycles. The van der Waals surface area contributed by atoms with Gasteiger partial charge in [-0.05, 0) is 19.1 Å². The van der Waals surface area contributed by atoms with Crippen LogP contribution < -0.4 is 5.32 Å². The summed E-state index contributed by atoms with van der Waals surface area (Å²) in [5.41, 5.74) is 2.06. The molecule has 0 spiro atoms. The first-order chi connectivity index (χ1) is 10.1. The van der Waals surface area contributed by atoms with E-state index in [9.17, 15) is 4.39 Å². The van der Waals surface area contributed by atoms with Gasteiger partial charge in [0.05, 0.1) is 11.9 Å². The van der Waals surface area contributed by atoms with Gasteiger partial charge in [0.1, 0.15) is 23.1 Å². The summed E-state index contributed by atoms with van der Waals surface area (Å²) < 4.78 is 19.9. The number of anilines is 1. The Morgan fingerprint density at radius 3 is 2.86 bits per heavy atom. The van der Waals surface area contributed by atoms with Crippen molar-refractivity contribution in [2.45, 2.75) is 13.5 Å². The number of rotatable bonds is 4. The molecule has 0 bridgehead atoms. The van der Waals surface area contributed by atoms with Crippen LogP contribution in [0.1, 0.15) is 11.3 Å². The van der Waals surface area contributed by atoms with Crippen LogP contribution in [-0.4, -0.2) is 19.9 Å². The Morgan fingerprint density at radius 1 is 1.33 bits per heavy atom. The molecular formula is C14H14FN5O. The third kappa shape index (κ3) is 2.76. The summed E-state index contributed by atoms with van der Waals surface area (Å²) in [6, 6.07) is 4.80. The molecule has 21 heavy (non-hydrogen) atoms. The zero-order valence-corrected chi connectivity index (χ0v) is 11.7. The number of halogens is 1. The minimum atomic E-state index is -0.382. The molecule has 0 aliphatic heterocycles. The maximum atomic E-state index is 13.0. The molecule has 1 N–H and O–H groups in total. The third-order valence-corrected chi connectivity index (χ3v) is 3.11. The average molecular weight is 287 g/mol. The fourth-order valence-corrected chi connectivity index (χ4v) is 2.00. The van der Waals surface area contributed by atoms with Gasteiger partial charge in [0, 0.05) is 31.4 Å². The largest absolute Gasteiger partial charge is 0.364 e. The van der Waals surface area contributed by atoms with E-state index >= 15 is 0 Å². The molecule has 0 aliphatic rings. The van der Waals surface area contributed by atoms with Gasteiger partial charge in [-0.15, -0.1) is 0 Å². The molecule has 0 amide bonds. The van der Waals surface area contributed by atoms with Crippen LogP contribution in [0.2, 0.25) is 0 Å². The number of hydrogen-bond donors (Lipinski definition) is 1. The highest BCUT2D eigenvalue weighted by Crippen LogP contribution is 2.24. The van der Waals surface area contributed by atoms with Gasteiger partial charge in [0.2, 0.25) is 0 Å². The molecule has 3 rings (SSSR count). The van der Waals surface area contributed by atoms with E-state index in [-0.39, 0.29) is 5.82 Å². The lowest BCUT2D eigenvalue weighted by molar-refractivity contribution is 0.398. The standard InChI is InChI=1S/C14H14FN5O/c1-9-11(8-17-13-5-6-20(2)18-13)14(19-21-9)12-4-3-10(15)7-16-12/h3-7H,8H2,1-2H3,(H,17,18).